The fourth-order valence-corrected chi connectivity index (χ4v) is 4.51. The molecule has 0 radical (unpaired) electrons. The second kappa shape index (κ2) is 13.3. The number of nitrogens with zero attached hydrogens (tertiary/aromatic N) is 1. The Bertz CT molecular complexity index is 1490. The van der Waals surface area contributed by atoms with Crippen LogP contribution in [-0.2, 0) is 14.3 Å². The third-order valence-electron chi connectivity index (χ3n) is 6.30. The molecular weight excluding hydrogens is 585 g/mol. The summed E-state index contributed by atoms with van der Waals surface area (Å²) in [7, 11) is 1.30. The average Bonchev–Trinajstić information content (AvgIpc) is 2.95. The Morgan fingerprint density at radius 2 is 1.83 bits per heavy atom. The molecule has 0 aliphatic carbocycles. The van der Waals surface area contributed by atoms with Gasteiger partial charge in [-0.2, -0.15) is 13.2 Å². The lowest BCUT2D eigenvalue weighted by atomic mass is 10.0. The third-order valence-corrected chi connectivity index (χ3v) is 6.53. The normalized spacial score (nSPS) is 16.0. The molecule has 3 aromatic rings. The first-order valence-electron chi connectivity index (χ1n) is 12.6. The Kier molecular flexibility index (Phi) is 9.76. The maximum Gasteiger partial charge on any atom is 0.422 e. The van der Waals surface area contributed by atoms with Crippen LogP contribution in [-0.4, -0.2) is 67.4 Å². The minimum absolute atomic E-state index is 0.0217. The number of methoxy groups -OCH3 is 1. The van der Waals surface area contributed by atoms with Gasteiger partial charge in [0, 0.05) is 34.3 Å². The molecule has 42 heavy (non-hydrogen) atoms. The van der Waals surface area contributed by atoms with Crippen LogP contribution in [0.5, 0.6) is 11.5 Å². The minimum atomic E-state index is -4.61. The summed E-state index contributed by atoms with van der Waals surface area (Å²) in [4.78, 5) is 38.2. The highest BCUT2D eigenvalue weighted by atomic mass is 35.5. The molecule has 14 heteroatoms. The molecule has 2 aromatic carbocycles. The zero-order chi connectivity index (χ0) is 30.4. The number of ether oxygens (including phenoxy) is 4. The molecule has 4 rings (SSSR count). The number of hydrogen-bond donors (Lipinski definition) is 2. The Labute approximate surface area is 242 Å². The van der Waals surface area contributed by atoms with Crippen molar-refractivity contribution in [2.75, 3.05) is 38.9 Å². The molecule has 0 bridgehead atoms. The van der Waals surface area contributed by atoms with Gasteiger partial charge in [-0.3, -0.25) is 14.2 Å². The first kappa shape index (κ1) is 30.9. The van der Waals surface area contributed by atoms with Gasteiger partial charge in [-0.25, -0.2) is 4.79 Å². The SMILES string of the molecule is COc1cn(C(CC2COCCO2)C(=O)Nc2ccc(C(=O)O)cc2)c(=O)cc1-c1cc(Cl)ccc1OCC(F)(F)F. The Morgan fingerprint density at radius 3 is 2.45 bits per heavy atom. The first-order valence-corrected chi connectivity index (χ1v) is 13.0. The number of pyridine rings is 1. The van der Waals surface area contributed by atoms with Crippen LogP contribution >= 0.6 is 11.6 Å². The topological polar surface area (TPSA) is 125 Å². The summed E-state index contributed by atoms with van der Waals surface area (Å²) in [5, 5.41) is 12.0. The molecular formula is C28H26ClF3N2O8. The number of hydrogen-bond acceptors (Lipinski definition) is 7. The fourth-order valence-electron chi connectivity index (χ4n) is 4.33. The van der Waals surface area contributed by atoms with Crippen LogP contribution in [0.2, 0.25) is 5.02 Å². The van der Waals surface area contributed by atoms with E-state index < -0.39 is 42.4 Å². The summed E-state index contributed by atoms with van der Waals surface area (Å²) < 4.78 is 61.4. The van der Waals surface area contributed by atoms with Gasteiger partial charge >= 0.3 is 12.1 Å². The van der Waals surface area contributed by atoms with Crippen molar-refractivity contribution in [3.63, 3.8) is 0 Å². The Morgan fingerprint density at radius 1 is 1.12 bits per heavy atom. The number of carbonyl (C=O) groups is 2. The van der Waals surface area contributed by atoms with Gasteiger partial charge in [0.2, 0.25) is 5.91 Å². The van der Waals surface area contributed by atoms with Crippen molar-refractivity contribution in [2.24, 2.45) is 0 Å². The smallest absolute Gasteiger partial charge is 0.422 e. The molecule has 0 spiro atoms. The van der Waals surface area contributed by atoms with Crippen LogP contribution in [0.25, 0.3) is 11.1 Å². The van der Waals surface area contributed by atoms with Gasteiger partial charge in [-0.05, 0) is 42.5 Å². The van der Waals surface area contributed by atoms with E-state index in [1.165, 1.54) is 55.8 Å². The summed E-state index contributed by atoms with van der Waals surface area (Å²) in [5.41, 5.74) is -0.188. The van der Waals surface area contributed by atoms with Crippen molar-refractivity contribution in [3.05, 3.63) is 75.7 Å². The van der Waals surface area contributed by atoms with E-state index in [1.807, 2.05) is 0 Å². The Hall–Kier alpha value is -4.07. The number of amides is 1. The number of nitrogens with one attached hydrogen (secondary N) is 1. The number of halogens is 4. The van der Waals surface area contributed by atoms with E-state index >= 15 is 0 Å². The van der Waals surface area contributed by atoms with Crippen molar-refractivity contribution in [1.29, 1.82) is 0 Å². The molecule has 1 aromatic heterocycles. The van der Waals surface area contributed by atoms with Crippen molar-refractivity contribution in [2.45, 2.75) is 24.7 Å². The third kappa shape index (κ3) is 7.81. The number of aromatic carboxylic acids is 1. The number of carbonyl (C=O) groups excluding carboxylic acids is 1. The maximum absolute atomic E-state index is 13.5. The van der Waals surface area contributed by atoms with Crippen LogP contribution in [0, 0.1) is 0 Å². The lowest BCUT2D eigenvalue weighted by Gasteiger charge is -2.28. The highest BCUT2D eigenvalue weighted by Gasteiger charge is 2.31. The van der Waals surface area contributed by atoms with Gasteiger partial charge in [-0.15, -0.1) is 0 Å². The summed E-state index contributed by atoms with van der Waals surface area (Å²) in [6.07, 6.45) is -3.84. The van der Waals surface area contributed by atoms with E-state index in [2.05, 4.69) is 5.32 Å². The molecule has 2 atom stereocenters. The number of carboxylic acids is 1. The summed E-state index contributed by atoms with van der Waals surface area (Å²) in [5.74, 6) is -1.87. The molecule has 2 N–H and O–H groups in total. The number of aromatic nitrogens is 1. The van der Waals surface area contributed by atoms with Crippen LogP contribution in [0.15, 0.2) is 59.5 Å². The largest absolute Gasteiger partial charge is 0.495 e. The van der Waals surface area contributed by atoms with Crippen LogP contribution in [0.1, 0.15) is 22.8 Å². The van der Waals surface area contributed by atoms with Gasteiger partial charge < -0.3 is 29.4 Å². The van der Waals surface area contributed by atoms with E-state index in [0.29, 0.717) is 13.2 Å². The van der Waals surface area contributed by atoms with E-state index in [-0.39, 0.29) is 51.9 Å². The van der Waals surface area contributed by atoms with E-state index in [4.69, 9.17) is 35.7 Å². The second-order valence-electron chi connectivity index (χ2n) is 9.24. The van der Waals surface area contributed by atoms with Gasteiger partial charge in [-0.1, -0.05) is 11.6 Å². The molecule has 224 valence electrons. The molecule has 1 amide bonds. The molecule has 1 fully saturated rings. The monoisotopic (exact) mass is 610 g/mol. The first-order chi connectivity index (χ1) is 19.9. The zero-order valence-corrected chi connectivity index (χ0v) is 22.9. The second-order valence-corrected chi connectivity index (χ2v) is 9.67. The minimum Gasteiger partial charge on any atom is -0.495 e. The summed E-state index contributed by atoms with van der Waals surface area (Å²) in [6, 6.07) is 9.36. The van der Waals surface area contributed by atoms with Gasteiger partial charge in [0.1, 0.15) is 17.5 Å². The standard InChI is InChI=1S/C28H26ClF3N2O8/c1-39-24-13-34(25(35)12-21(24)20-10-17(29)4-7-23(20)42-15-28(30,31)32)22(11-19-14-40-8-9-41-19)26(36)33-18-5-2-16(3-6-18)27(37)38/h2-7,10,12-13,19,22H,8-9,11,14-15H2,1H3,(H,33,36)(H,37,38). The van der Waals surface area contributed by atoms with Gasteiger partial charge in [0.05, 0.1) is 44.8 Å². The summed E-state index contributed by atoms with van der Waals surface area (Å²) >= 11 is 6.11. The van der Waals surface area contributed by atoms with Crippen molar-refractivity contribution in [1.82, 2.24) is 4.57 Å². The van der Waals surface area contributed by atoms with Crippen LogP contribution in [0.4, 0.5) is 18.9 Å². The van der Waals surface area contributed by atoms with Crippen molar-refractivity contribution < 1.29 is 46.8 Å². The molecule has 1 aliphatic heterocycles. The molecule has 2 heterocycles. The molecule has 10 nitrogen and oxygen atoms in total. The van der Waals surface area contributed by atoms with E-state index in [0.717, 1.165) is 10.6 Å². The maximum atomic E-state index is 13.5. The molecule has 1 aliphatic rings. The lowest BCUT2D eigenvalue weighted by molar-refractivity contribution is -0.153. The summed E-state index contributed by atoms with van der Waals surface area (Å²) in [6.45, 7) is -0.712. The van der Waals surface area contributed by atoms with Gasteiger partial charge in [0.25, 0.3) is 5.56 Å². The van der Waals surface area contributed by atoms with E-state index in [9.17, 15) is 27.6 Å². The lowest BCUT2D eigenvalue weighted by Crippen LogP contribution is -2.38. The molecule has 1 saturated heterocycles. The number of rotatable bonds is 10. The molecule has 2 unspecified atom stereocenters. The number of anilines is 1. The van der Waals surface area contributed by atoms with Crippen molar-refractivity contribution in [3.8, 4) is 22.6 Å². The van der Waals surface area contributed by atoms with Crippen molar-refractivity contribution >= 4 is 29.2 Å². The fraction of sp³-hybridized carbons (Fsp3) is 0.321. The van der Waals surface area contributed by atoms with Crippen LogP contribution in [0.3, 0.4) is 0 Å². The highest BCUT2D eigenvalue weighted by molar-refractivity contribution is 6.31. The Balaban J connectivity index is 1.73. The highest BCUT2D eigenvalue weighted by Crippen LogP contribution is 2.38. The van der Waals surface area contributed by atoms with E-state index in [1.54, 1.807) is 0 Å². The average molecular weight is 611 g/mol. The zero-order valence-electron chi connectivity index (χ0n) is 22.2. The molecule has 0 saturated carbocycles. The van der Waals surface area contributed by atoms with Gasteiger partial charge in [0.15, 0.2) is 6.61 Å². The predicted octanol–water partition coefficient (Wildman–Crippen LogP) is 4.80. The number of carboxylic acid groups (broad SMARTS) is 1. The van der Waals surface area contributed by atoms with Crippen LogP contribution < -0.4 is 20.3 Å². The predicted molar refractivity (Wildman–Crippen MR) is 145 cm³/mol. The number of benzene rings is 2. The number of alkyl halides is 3. The quantitative estimate of drug-likeness (QED) is 0.335.